The number of nitrogens with one attached hydrogen (secondary N) is 2. The number of hydrogen-bond acceptors (Lipinski definition) is 5. The first-order valence-corrected chi connectivity index (χ1v) is 10.7. The molecule has 7 nitrogen and oxygen atoms in total. The molecule has 0 saturated carbocycles. The quantitative estimate of drug-likeness (QED) is 0.578. The minimum Gasteiger partial charge on any atom is -0.348 e. The summed E-state index contributed by atoms with van der Waals surface area (Å²) in [6.07, 6.45) is 4.74. The second kappa shape index (κ2) is 9.29. The Morgan fingerprint density at radius 3 is 2.60 bits per heavy atom. The van der Waals surface area contributed by atoms with Crippen LogP contribution < -0.4 is 10.0 Å². The SMILES string of the molecule is Cc1ccncc1CNC(=O)c1ccc(CNS(=O)(=O)c2ccc(F)c(Cl)c2)nc1. The van der Waals surface area contributed by atoms with Crippen LogP contribution in [0.1, 0.15) is 27.2 Å². The van der Waals surface area contributed by atoms with Gasteiger partial charge in [0.25, 0.3) is 5.91 Å². The van der Waals surface area contributed by atoms with E-state index < -0.39 is 15.8 Å². The Morgan fingerprint density at radius 2 is 1.93 bits per heavy atom. The van der Waals surface area contributed by atoms with Crippen molar-refractivity contribution in [3.8, 4) is 0 Å². The van der Waals surface area contributed by atoms with Gasteiger partial charge in [0.1, 0.15) is 5.82 Å². The van der Waals surface area contributed by atoms with Gasteiger partial charge in [-0.05, 0) is 54.4 Å². The molecule has 0 aliphatic heterocycles. The van der Waals surface area contributed by atoms with Gasteiger partial charge in [-0.2, -0.15) is 0 Å². The molecule has 0 fully saturated rings. The number of sulfonamides is 1. The van der Waals surface area contributed by atoms with Crippen molar-refractivity contribution in [2.24, 2.45) is 0 Å². The summed E-state index contributed by atoms with van der Waals surface area (Å²) in [5.74, 6) is -1.01. The first-order chi connectivity index (χ1) is 14.3. The van der Waals surface area contributed by atoms with E-state index in [0.29, 0.717) is 17.8 Å². The summed E-state index contributed by atoms with van der Waals surface area (Å²) in [6.45, 7) is 2.16. The predicted octanol–water partition coefficient (Wildman–Crippen LogP) is 2.99. The van der Waals surface area contributed by atoms with Crippen LogP contribution >= 0.6 is 11.6 Å². The smallest absolute Gasteiger partial charge is 0.253 e. The molecular weight excluding hydrogens is 431 g/mol. The first-order valence-electron chi connectivity index (χ1n) is 8.83. The van der Waals surface area contributed by atoms with Gasteiger partial charge >= 0.3 is 0 Å². The highest BCUT2D eigenvalue weighted by Crippen LogP contribution is 2.19. The van der Waals surface area contributed by atoms with Gasteiger partial charge in [-0.15, -0.1) is 0 Å². The second-order valence-corrected chi connectivity index (χ2v) is 8.60. The molecule has 0 spiro atoms. The molecule has 156 valence electrons. The number of carbonyl (C=O) groups is 1. The van der Waals surface area contributed by atoms with Gasteiger partial charge < -0.3 is 5.32 Å². The molecule has 0 radical (unpaired) electrons. The number of carbonyl (C=O) groups excluding carboxylic acids is 1. The third-order valence-corrected chi connectivity index (χ3v) is 6.01. The number of aromatic nitrogens is 2. The number of nitrogens with zero attached hydrogens (tertiary/aromatic N) is 2. The fourth-order valence-electron chi connectivity index (χ4n) is 2.52. The predicted molar refractivity (Wildman–Crippen MR) is 110 cm³/mol. The molecule has 0 bridgehead atoms. The Kier molecular flexibility index (Phi) is 6.76. The fourth-order valence-corrected chi connectivity index (χ4v) is 3.79. The highest BCUT2D eigenvalue weighted by Gasteiger charge is 2.16. The third kappa shape index (κ3) is 5.38. The molecule has 0 aliphatic rings. The Labute approximate surface area is 178 Å². The number of benzene rings is 1. The highest BCUT2D eigenvalue weighted by molar-refractivity contribution is 7.89. The van der Waals surface area contributed by atoms with Crippen molar-refractivity contribution in [2.45, 2.75) is 24.9 Å². The monoisotopic (exact) mass is 448 g/mol. The van der Waals surface area contributed by atoms with E-state index in [1.807, 2.05) is 13.0 Å². The molecule has 30 heavy (non-hydrogen) atoms. The molecule has 0 unspecified atom stereocenters. The first kappa shape index (κ1) is 21.8. The number of hydrogen-bond donors (Lipinski definition) is 2. The van der Waals surface area contributed by atoms with E-state index in [1.54, 1.807) is 24.5 Å². The number of amides is 1. The summed E-state index contributed by atoms with van der Waals surface area (Å²) in [7, 11) is -3.89. The van der Waals surface area contributed by atoms with E-state index in [0.717, 1.165) is 29.3 Å². The van der Waals surface area contributed by atoms with Crippen LogP contribution in [-0.2, 0) is 23.1 Å². The molecule has 0 saturated heterocycles. The van der Waals surface area contributed by atoms with E-state index in [4.69, 9.17) is 11.6 Å². The summed E-state index contributed by atoms with van der Waals surface area (Å²) in [4.78, 5) is 20.3. The third-order valence-electron chi connectivity index (χ3n) is 4.32. The van der Waals surface area contributed by atoms with Gasteiger partial charge in [0, 0.05) is 25.1 Å². The van der Waals surface area contributed by atoms with Gasteiger partial charge in [0.2, 0.25) is 10.0 Å². The molecule has 2 N–H and O–H groups in total. The molecule has 2 aromatic heterocycles. The van der Waals surface area contributed by atoms with Gasteiger partial charge in [-0.1, -0.05) is 11.6 Å². The minimum atomic E-state index is -3.89. The largest absolute Gasteiger partial charge is 0.348 e. The Bertz CT molecular complexity index is 1170. The minimum absolute atomic E-state index is 0.103. The van der Waals surface area contributed by atoms with Crippen molar-refractivity contribution >= 4 is 27.5 Å². The van der Waals surface area contributed by atoms with Crippen LogP contribution in [0.2, 0.25) is 5.02 Å². The number of halogens is 2. The van der Waals surface area contributed by atoms with Crippen molar-refractivity contribution in [3.05, 3.63) is 88.2 Å². The van der Waals surface area contributed by atoms with Crippen LogP contribution in [0.3, 0.4) is 0 Å². The topological polar surface area (TPSA) is 101 Å². The van der Waals surface area contributed by atoms with E-state index in [9.17, 15) is 17.6 Å². The summed E-state index contributed by atoms with van der Waals surface area (Å²) in [6, 6.07) is 8.09. The van der Waals surface area contributed by atoms with Crippen LogP contribution in [-0.4, -0.2) is 24.3 Å². The zero-order valence-electron chi connectivity index (χ0n) is 15.9. The summed E-state index contributed by atoms with van der Waals surface area (Å²) >= 11 is 5.64. The summed E-state index contributed by atoms with van der Waals surface area (Å²) in [5.41, 5.74) is 2.68. The molecule has 0 aliphatic carbocycles. The van der Waals surface area contributed by atoms with Crippen molar-refractivity contribution in [1.29, 1.82) is 0 Å². The Morgan fingerprint density at radius 1 is 1.13 bits per heavy atom. The standard InChI is InChI=1S/C20H18ClFN4O3S/c1-13-6-7-23-9-15(13)11-25-20(27)14-2-3-16(24-10-14)12-26-30(28,29)17-4-5-19(22)18(21)8-17/h2-10,26H,11-12H2,1H3,(H,25,27). The van der Waals surface area contributed by atoms with E-state index in [-0.39, 0.29) is 22.4 Å². The number of rotatable bonds is 7. The fraction of sp³-hybridized carbons (Fsp3) is 0.150. The summed E-state index contributed by atoms with van der Waals surface area (Å²) in [5, 5.41) is 2.51. The molecule has 1 aromatic carbocycles. The molecule has 2 heterocycles. The van der Waals surface area contributed by atoms with Gasteiger partial charge in [0.15, 0.2) is 0 Å². The normalized spacial score (nSPS) is 11.3. The highest BCUT2D eigenvalue weighted by atomic mass is 35.5. The van der Waals surface area contributed by atoms with Crippen LogP contribution in [0.25, 0.3) is 0 Å². The van der Waals surface area contributed by atoms with Gasteiger partial charge in [0.05, 0.1) is 27.7 Å². The molecule has 10 heteroatoms. The maximum Gasteiger partial charge on any atom is 0.253 e. The molecule has 3 aromatic rings. The zero-order valence-corrected chi connectivity index (χ0v) is 17.5. The lowest BCUT2D eigenvalue weighted by atomic mass is 10.1. The average molecular weight is 449 g/mol. The van der Waals surface area contributed by atoms with Crippen molar-refractivity contribution in [3.63, 3.8) is 0 Å². The maximum atomic E-state index is 13.2. The second-order valence-electron chi connectivity index (χ2n) is 6.42. The average Bonchev–Trinajstić information content (AvgIpc) is 2.74. The van der Waals surface area contributed by atoms with Crippen LogP contribution in [0.4, 0.5) is 4.39 Å². The van der Waals surface area contributed by atoms with Crippen LogP contribution in [0.5, 0.6) is 0 Å². The molecular formula is C20H18ClFN4O3S. The lowest BCUT2D eigenvalue weighted by molar-refractivity contribution is 0.0950. The van der Waals surface area contributed by atoms with E-state index >= 15 is 0 Å². The van der Waals surface area contributed by atoms with Crippen molar-refractivity contribution in [2.75, 3.05) is 0 Å². The number of aryl methyl sites for hydroxylation is 1. The lowest BCUT2D eigenvalue weighted by Crippen LogP contribution is -2.25. The Balaban J connectivity index is 1.59. The lowest BCUT2D eigenvalue weighted by Gasteiger charge is -2.09. The Hall–Kier alpha value is -2.88. The zero-order chi connectivity index (χ0) is 21.7. The van der Waals surface area contributed by atoms with E-state index in [2.05, 4.69) is 20.0 Å². The van der Waals surface area contributed by atoms with Gasteiger partial charge in [-0.3, -0.25) is 14.8 Å². The molecule has 3 rings (SSSR count). The number of pyridine rings is 2. The van der Waals surface area contributed by atoms with Crippen molar-refractivity contribution in [1.82, 2.24) is 20.0 Å². The van der Waals surface area contributed by atoms with Crippen molar-refractivity contribution < 1.29 is 17.6 Å². The van der Waals surface area contributed by atoms with E-state index in [1.165, 1.54) is 6.20 Å². The maximum absolute atomic E-state index is 13.2. The van der Waals surface area contributed by atoms with Gasteiger partial charge in [-0.25, -0.2) is 17.5 Å². The summed E-state index contributed by atoms with van der Waals surface area (Å²) < 4.78 is 40.2. The van der Waals surface area contributed by atoms with Crippen LogP contribution in [0.15, 0.2) is 59.9 Å². The molecule has 0 atom stereocenters. The molecule has 1 amide bonds. The van der Waals surface area contributed by atoms with Crippen LogP contribution in [0, 0.1) is 12.7 Å².